The zero-order chi connectivity index (χ0) is 6.57. The molecular weight excluding hydrogens is 108 g/mol. The van der Waals surface area contributed by atoms with Crippen LogP contribution in [0.4, 0.5) is 0 Å². The van der Waals surface area contributed by atoms with Crippen LogP contribution >= 0.6 is 0 Å². The summed E-state index contributed by atoms with van der Waals surface area (Å²) < 4.78 is 0. The fourth-order valence-electron chi connectivity index (χ4n) is 0.282. The number of allylic oxidation sites excluding steroid dienone is 1. The topological polar surface area (TPSA) is 57.5 Å². The first-order valence-electron chi connectivity index (χ1n) is 2.21. The number of hydrogen-bond donors (Lipinski definition) is 2. The zero-order valence-electron chi connectivity index (χ0n) is 4.59. The van der Waals surface area contributed by atoms with Crippen molar-refractivity contribution >= 4 is 5.97 Å². The van der Waals surface area contributed by atoms with Crippen LogP contribution in [0.15, 0.2) is 11.6 Å². The van der Waals surface area contributed by atoms with Gasteiger partial charge in [-0.2, -0.15) is 0 Å². The first-order chi connectivity index (χ1) is 3.72. The maximum atomic E-state index is 9.93. The van der Waals surface area contributed by atoms with Gasteiger partial charge in [-0.05, 0) is 6.92 Å². The molecule has 0 aliphatic heterocycles. The molecule has 0 unspecified atom stereocenters. The molecule has 0 aromatic rings. The lowest BCUT2D eigenvalue weighted by atomic mass is 10.3. The molecule has 0 saturated carbocycles. The Bertz CT molecular complexity index is 115. The van der Waals surface area contributed by atoms with Gasteiger partial charge < -0.3 is 10.2 Å². The summed E-state index contributed by atoms with van der Waals surface area (Å²) in [6.45, 7) is 1.17. The maximum absolute atomic E-state index is 9.93. The van der Waals surface area contributed by atoms with E-state index in [4.69, 9.17) is 10.2 Å². The predicted molar refractivity (Wildman–Crippen MR) is 28.5 cm³/mol. The van der Waals surface area contributed by atoms with E-state index in [9.17, 15) is 4.79 Å². The largest absolute Gasteiger partial charge is 0.478 e. The fraction of sp³-hybridized carbons (Fsp3) is 0.400. The van der Waals surface area contributed by atoms with E-state index >= 15 is 0 Å². The van der Waals surface area contributed by atoms with E-state index < -0.39 is 12.6 Å². The summed E-state index contributed by atoms with van der Waals surface area (Å²) in [4.78, 5) is 9.93. The highest BCUT2D eigenvalue weighted by Gasteiger charge is 2.00. The molecule has 0 aromatic heterocycles. The summed E-state index contributed by atoms with van der Waals surface area (Å²) >= 11 is 0. The lowest BCUT2D eigenvalue weighted by Crippen LogP contribution is -2.03. The molecule has 0 spiro atoms. The number of aliphatic hydroxyl groups excluding tert-OH is 1. The summed E-state index contributed by atoms with van der Waals surface area (Å²) in [6, 6.07) is 0. The van der Waals surface area contributed by atoms with Gasteiger partial charge in [-0.15, -0.1) is 0 Å². The van der Waals surface area contributed by atoms with Crippen LogP contribution in [0.2, 0.25) is 0 Å². The summed E-state index contributed by atoms with van der Waals surface area (Å²) in [6.07, 6.45) is 1.36. The molecule has 0 atom stereocenters. The third kappa shape index (κ3) is 1.75. The van der Waals surface area contributed by atoms with Crippen LogP contribution in [-0.2, 0) is 4.79 Å². The van der Waals surface area contributed by atoms with Crippen LogP contribution in [0.1, 0.15) is 6.92 Å². The molecule has 2 N–H and O–H groups in total. The summed E-state index contributed by atoms with van der Waals surface area (Å²) in [5.74, 6) is -1.06. The highest BCUT2D eigenvalue weighted by molar-refractivity contribution is 5.86. The normalized spacial score (nSPS) is 11.5. The molecule has 0 saturated heterocycles. The second-order valence-electron chi connectivity index (χ2n) is 1.28. The van der Waals surface area contributed by atoms with E-state index in [-0.39, 0.29) is 5.57 Å². The van der Waals surface area contributed by atoms with Crippen molar-refractivity contribution in [3.63, 3.8) is 0 Å². The molecular formula is C5H8O3. The Morgan fingerprint density at radius 3 is 2.25 bits per heavy atom. The average Bonchev–Trinajstić information content (AvgIpc) is 1.69. The lowest BCUT2D eigenvalue weighted by molar-refractivity contribution is -0.133. The highest BCUT2D eigenvalue weighted by atomic mass is 16.4. The molecule has 8 heavy (non-hydrogen) atoms. The number of carbonyl (C=O) groups is 1. The highest BCUT2D eigenvalue weighted by Crippen LogP contribution is 1.89. The molecule has 0 radical (unpaired) electrons. The van der Waals surface area contributed by atoms with Crippen molar-refractivity contribution < 1.29 is 15.0 Å². The third-order valence-corrected chi connectivity index (χ3v) is 0.794. The molecule has 0 fully saturated rings. The average molecular weight is 116 g/mol. The number of aliphatic hydroxyl groups is 1. The molecule has 0 bridgehead atoms. The third-order valence-electron chi connectivity index (χ3n) is 0.794. The molecule has 0 aromatic carbocycles. The van der Waals surface area contributed by atoms with Crippen LogP contribution in [0, 0.1) is 0 Å². The van der Waals surface area contributed by atoms with Crippen LogP contribution in [0.25, 0.3) is 0 Å². The van der Waals surface area contributed by atoms with E-state index in [1.165, 1.54) is 6.08 Å². The van der Waals surface area contributed by atoms with E-state index in [1.807, 2.05) is 0 Å². The van der Waals surface area contributed by atoms with E-state index in [0.29, 0.717) is 0 Å². The van der Waals surface area contributed by atoms with Gasteiger partial charge in [-0.25, -0.2) is 4.79 Å². The second-order valence-corrected chi connectivity index (χ2v) is 1.28. The summed E-state index contributed by atoms with van der Waals surface area (Å²) in [7, 11) is 0. The SMILES string of the molecule is CC=C(CO)C(=O)O. The molecule has 3 nitrogen and oxygen atoms in total. The number of hydrogen-bond acceptors (Lipinski definition) is 2. The number of carboxylic acids is 1. The molecule has 0 aliphatic carbocycles. The van der Waals surface area contributed by atoms with Gasteiger partial charge in [0.1, 0.15) is 0 Å². The molecule has 46 valence electrons. The van der Waals surface area contributed by atoms with Gasteiger partial charge in [0.15, 0.2) is 0 Å². The molecule has 0 rings (SSSR count). The Balaban J connectivity index is 3.92. The second kappa shape index (κ2) is 3.21. The lowest BCUT2D eigenvalue weighted by Gasteiger charge is -1.90. The van der Waals surface area contributed by atoms with E-state index in [0.717, 1.165) is 0 Å². The quantitative estimate of drug-likeness (QED) is 0.499. The van der Waals surface area contributed by atoms with Crippen molar-refractivity contribution in [3.8, 4) is 0 Å². The van der Waals surface area contributed by atoms with Gasteiger partial charge in [0, 0.05) is 0 Å². The fourth-order valence-corrected chi connectivity index (χ4v) is 0.282. The smallest absolute Gasteiger partial charge is 0.333 e. The molecule has 0 aliphatic rings. The van der Waals surface area contributed by atoms with Gasteiger partial charge in [0.25, 0.3) is 0 Å². The molecule has 3 heteroatoms. The van der Waals surface area contributed by atoms with Crippen molar-refractivity contribution in [1.82, 2.24) is 0 Å². The Hall–Kier alpha value is -0.830. The maximum Gasteiger partial charge on any atom is 0.333 e. The zero-order valence-corrected chi connectivity index (χ0v) is 4.59. The van der Waals surface area contributed by atoms with Gasteiger partial charge in [0.05, 0.1) is 12.2 Å². The minimum absolute atomic E-state index is 0.0324. The van der Waals surface area contributed by atoms with E-state index in [2.05, 4.69) is 0 Å². The van der Waals surface area contributed by atoms with Crippen LogP contribution in [-0.4, -0.2) is 22.8 Å². The van der Waals surface area contributed by atoms with Crippen molar-refractivity contribution in [2.75, 3.05) is 6.61 Å². The standard InChI is InChI=1S/C5H8O3/c1-2-4(3-6)5(7)8/h2,6H,3H2,1H3,(H,7,8). The Labute approximate surface area is 47.3 Å². The monoisotopic (exact) mass is 116 g/mol. The first kappa shape index (κ1) is 7.17. The van der Waals surface area contributed by atoms with Crippen LogP contribution < -0.4 is 0 Å². The number of rotatable bonds is 2. The summed E-state index contributed by atoms with van der Waals surface area (Å²) in [5, 5.41) is 16.4. The van der Waals surface area contributed by atoms with Crippen molar-refractivity contribution in [2.24, 2.45) is 0 Å². The Morgan fingerprint density at radius 2 is 2.25 bits per heavy atom. The van der Waals surface area contributed by atoms with Gasteiger partial charge in [0.2, 0.25) is 0 Å². The van der Waals surface area contributed by atoms with Crippen molar-refractivity contribution in [3.05, 3.63) is 11.6 Å². The van der Waals surface area contributed by atoms with E-state index in [1.54, 1.807) is 6.92 Å². The van der Waals surface area contributed by atoms with Gasteiger partial charge in [-0.3, -0.25) is 0 Å². The summed E-state index contributed by atoms with van der Waals surface area (Å²) in [5.41, 5.74) is 0.0324. The number of aliphatic carboxylic acids is 1. The van der Waals surface area contributed by atoms with Gasteiger partial charge in [-0.1, -0.05) is 6.08 Å². The van der Waals surface area contributed by atoms with Crippen LogP contribution in [0.5, 0.6) is 0 Å². The minimum atomic E-state index is -1.06. The molecule has 0 amide bonds. The first-order valence-corrected chi connectivity index (χ1v) is 2.21. The van der Waals surface area contributed by atoms with Crippen LogP contribution in [0.3, 0.4) is 0 Å². The van der Waals surface area contributed by atoms with Gasteiger partial charge >= 0.3 is 5.97 Å². The minimum Gasteiger partial charge on any atom is -0.478 e. The molecule has 0 heterocycles. The van der Waals surface area contributed by atoms with Crippen molar-refractivity contribution in [1.29, 1.82) is 0 Å². The number of carboxylic acid groups (broad SMARTS) is 1. The Kier molecular flexibility index (Phi) is 2.88. The Morgan fingerprint density at radius 1 is 1.75 bits per heavy atom. The van der Waals surface area contributed by atoms with Crippen molar-refractivity contribution in [2.45, 2.75) is 6.92 Å². The predicted octanol–water partition coefficient (Wildman–Crippen LogP) is 0.00960.